The van der Waals surface area contributed by atoms with E-state index < -0.39 is 0 Å². The van der Waals surface area contributed by atoms with Gasteiger partial charge in [-0.25, -0.2) is 0 Å². The van der Waals surface area contributed by atoms with Crippen molar-refractivity contribution in [2.24, 2.45) is 0 Å². The van der Waals surface area contributed by atoms with Crippen LogP contribution in [0.2, 0.25) is 0 Å². The Morgan fingerprint density at radius 2 is 0.909 bits per heavy atom. The molecule has 4 nitrogen and oxygen atoms in total. The molecule has 0 unspecified atom stereocenters. The Morgan fingerprint density at radius 1 is 0.473 bits per heavy atom. The van der Waals surface area contributed by atoms with Gasteiger partial charge in [-0.2, -0.15) is 0 Å². The summed E-state index contributed by atoms with van der Waals surface area (Å²) >= 11 is 0. The lowest BCUT2D eigenvalue weighted by Crippen LogP contribution is -2.09. The van der Waals surface area contributed by atoms with Gasteiger partial charge in [0.1, 0.15) is 5.58 Å². The number of para-hydroxylation sites is 4. The van der Waals surface area contributed by atoms with Crippen molar-refractivity contribution >= 4 is 62.6 Å². The van der Waals surface area contributed by atoms with E-state index in [2.05, 4.69) is 198 Å². The number of nitrogens with zero attached hydrogens (tertiary/aromatic N) is 2. The van der Waals surface area contributed by atoms with Crippen LogP contribution in [0, 0.1) is 0 Å². The molecular weight excluding hydrogens is 671 g/mol. The summed E-state index contributed by atoms with van der Waals surface area (Å²) in [5.41, 5.74) is 20.5. The van der Waals surface area contributed by atoms with E-state index in [9.17, 15) is 0 Å². The summed E-state index contributed by atoms with van der Waals surface area (Å²) in [7, 11) is 0. The van der Waals surface area contributed by atoms with Crippen molar-refractivity contribution in [3.05, 3.63) is 223 Å². The summed E-state index contributed by atoms with van der Waals surface area (Å²) in [5.74, 6) is 0.423. The van der Waals surface area contributed by atoms with Crippen LogP contribution in [0.3, 0.4) is 0 Å². The van der Waals surface area contributed by atoms with Gasteiger partial charge in [-0.05, 0) is 125 Å². The average Bonchev–Trinajstić information content (AvgIpc) is 3.56. The summed E-state index contributed by atoms with van der Waals surface area (Å²) < 4.78 is 6.18. The molecule has 0 spiro atoms. The Hall–Kier alpha value is -7.30. The molecule has 0 bridgehead atoms. The first-order valence-corrected chi connectivity index (χ1v) is 18.6. The van der Waals surface area contributed by atoms with E-state index in [4.69, 9.17) is 10.2 Å². The van der Waals surface area contributed by atoms with Gasteiger partial charge in [0, 0.05) is 45.1 Å². The van der Waals surface area contributed by atoms with Gasteiger partial charge in [0.05, 0.1) is 0 Å². The van der Waals surface area contributed by atoms with Crippen LogP contribution in [0.4, 0.5) is 40.0 Å². The summed E-state index contributed by atoms with van der Waals surface area (Å²) in [4.78, 5) is 4.54. The standard InChI is InChI=1S/C51H39N3O/c52-51-49(35-37-14-13-15-40(34-37)38-24-29-46(30-25-38)53(42-16-5-1-6-17-42)43-18-7-2-8-19-43)48-33-28-41(36-50(48)55-51)39-26-31-47(32-27-39)54(44-20-9-3-10-21-44)45-22-11-4-12-23-45/h1-13,15-36H,14,52H2/b37-35+. The number of allylic oxidation sites excluding steroid dienone is 5. The van der Waals surface area contributed by atoms with Crippen molar-refractivity contribution in [2.45, 2.75) is 6.42 Å². The number of rotatable bonds is 9. The molecule has 0 atom stereocenters. The van der Waals surface area contributed by atoms with Crippen LogP contribution in [-0.4, -0.2) is 0 Å². The Kier molecular flexibility index (Phi) is 9.13. The average molecular weight is 710 g/mol. The molecule has 55 heavy (non-hydrogen) atoms. The lowest BCUT2D eigenvalue weighted by molar-refractivity contribution is 0.637. The van der Waals surface area contributed by atoms with E-state index in [-0.39, 0.29) is 0 Å². The molecule has 1 aliphatic rings. The minimum atomic E-state index is 0.423. The van der Waals surface area contributed by atoms with Crippen molar-refractivity contribution in [3.63, 3.8) is 0 Å². The molecule has 9 rings (SSSR count). The molecule has 8 aromatic rings. The second-order valence-electron chi connectivity index (χ2n) is 13.6. The third kappa shape index (κ3) is 6.97. The number of fused-ring (bicyclic) bond motifs is 1. The van der Waals surface area contributed by atoms with E-state index in [1.165, 1.54) is 5.57 Å². The topological polar surface area (TPSA) is 45.6 Å². The Labute approximate surface area is 322 Å². The second-order valence-corrected chi connectivity index (χ2v) is 13.6. The highest BCUT2D eigenvalue weighted by atomic mass is 16.3. The van der Waals surface area contributed by atoms with Crippen LogP contribution in [-0.2, 0) is 0 Å². The maximum atomic E-state index is 6.55. The lowest BCUT2D eigenvalue weighted by atomic mass is 9.94. The molecule has 0 radical (unpaired) electrons. The van der Waals surface area contributed by atoms with Crippen LogP contribution in [0.5, 0.6) is 0 Å². The maximum Gasteiger partial charge on any atom is 0.198 e. The van der Waals surface area contributed by atoms with E-state index in [1.54, 1.807) is 0 Å². The fourth-order valence-electron chi connectivity index (χ4n) is 7.37. The monoisotopic (exact) mass is 709 g/mol. The normalized spacial score (nSPS) is 13.2. The van der Waals surface area contributed by atoms with Gasteiger partial charge < -0.3 is 20.0 Å². The Bertz CT molecular complexity index is 2560. The molecule has 0 saturated carbocycles. The van der Waals surface area contributed by atoms with E-state index in [0.29, 0.717) is 5.88 Å². The molecule has 0 saturated heterocycles. The molecular formula is C51H39N3O. The predicted molar refractivity (Wildman–Crippen MR) is 232 cm³/mol. The quantitative estimate of drug-likeness (QED) is 0.162. The number of anilines is 7. The Morgan fingerprint density at radius 3 is 1.40 bits per heavy atom. The highest BCUT2D eigenvalue weighted by Gasteiger charge is 2.16. The van der Waals surface area contributed by atoms with Gasteiger partial charge in [-0.1, -0.05) is 121 Å². The van der Waals surface area contributed by atoms with Crippen molar-refractivity contribution in [1.29, 1.82) is 0 Å². The van der Waals surface area contributed by atoms with Gasteiger partial charge >= 0.3 is 0 Å². The van der Waals surface area contributed by atoms with Crippen molar-refractivity contribution in [1.82, 2.24) is 0 Å². The van der Waals surface area contributed by atoms with E-state index >= 15 is 0 Å². The molecule has 4 heteroatoms. The molecule has 0 amide bonds. The van der Waals surface area contributed by atoms with E-state index in [1.807, 2.05) is 24.3 Å². The molecule has 1 aliphatic carbocycles. The fraction of sp³-hybridized carbons (Fsp3) is 0.0196. The molecule has 1 heterocycles. The third-order valence-corrected chi connectivity index (χ3v) is 10.1. The number of benzene rings is 7. The van der Waals surface area contributed by atoms with Crippen molar-refractivity contribution in [2.75, 3.05) is 15.5 Å². The highest BCUT2D eigenvalue weighted by molar-refractivity contribution is 5.96. The first kappa shape index (κ1) is 33.5. The minimum absolute atomic E-state index is 0.423. The third-order valence-electron chi connectivity index (χ3n) is 10.1. The van der Waals surface area contributed by atoms with E-state index in [0.717, 1.165) is 79.3 Å². The summed E-state index contributed by atoms with van der Waals surface area (Å²) in [5, 5.41) is 1.00. The van der Waals surface area contributed by atoms with Gasteiger partial charge in [0.15, 0.2) is 5.88 Å². The van der Waals surface area contributed by atoms with Gasteiger partial charge in [0.25, 0.3) is 0 Å². The first-order valence-electron chi connectivity index (χ1n) is 18.6. The van der Waals surface area contributed by atoms with Gasteiger partial charge in [0.2, 0.25) is 0 Å². The SMILES string of the molecule is Nc1oc2cc(-c3ccc(N(c4ccccc4)c4ccccc4)cc3)ccc2c1/C=C1/C=C(c2ccc(N(c3ccccc3)c3ccccc3)cc2)C=CC1. The lowest BCUT2D eigenvalue weighted by Gasteiger charge is -2.25. The molecule has 2 N–H and O–H groups in total. The largest absolute Gasteiger partial charge is 0.440 e. The van der Waals surface area contributed by atoms with Crippen molar-refractivity contribution < 1.29 is 4.42 Å². The van der Waals surface area contributed by atoms with Gasteiger partial charge in [-0.15, -0.1) is 0 Å². The van der Waals surface area contributed by atoms with Crippen LogP contribution in [0.1, 0.15) is 17.5 Å². The molecule has 264 valence electrons. The predicted octanol–water partition coefficient (Wildman–Crippen LogP) is 14.0. The molecule has 0 fully saturated rings. The minimum Gasteiger partial charge on any atom is -0.440 e. The number of nitrogen functional groups attached to an aromatic ring is 1. The second kappa shape index (κ2) is 15.0. The zero-order valence-corrected chi connectivity index (χ0v) is 30.3. The summed E-state index contributed by atoms with van der Waals surface area (Å²) in [6.07, 6.45) is 9.65. The maximum absolute atomic E-state index is 6.55. The Balaban J connectivity index is 0.972. The van der Waals surface area contributed by atoms with Crippen LogP contribution in [0.25, 0.3) is 33.7 Å². The van der Waals surface area contributed by atoms with Gasteiger partial charge in [-0.3, -0.25) is 0 Å². The molecule has 1 aromatic heterocycles. The smallest absolute Gasteiger partial charge is 0.198 e. The van der Waals surface area contributed by atoms with Crippen molar-refractivity contribution in [3.8, 4) is 11.1 Å². The summed E-state index contributed by atoms with van der Waals surface area (Å²) in [6.45, 7) is 0. The van der Waals surface area contributed by atoms with Crippen LogP contribution in [0.15, 0.2) is 216 Å². The van der Waals surface area contributed by atoms with Crippen LogP contribution < -0.4 is 15.5 Å². The summed E-state index contributed by atoms with van der Waals surface area (Å²) in [6, 6.07) is 65.7. The highest BCUT2D eigenvalue weighted by Crippen LogP contribution is 2.39. The zero-order valence-electron chi connectivity index (χ0n) is 30.3. The number of hydrogen-bond donors (Lipinski definition) is 1. The number of hydrogen-bond acceptors (Lipinski definition) is 4. The fourth-order valence-corrected chi connectivity index (χ4v) is 7.37. The molecule has 7 aromatic carbocycles. The zero-order chi connectivity index (χ0) is 37.0. The first-order chi connectivity index (χ1) is 27.2. The number of nitrogens with two attached hydrogens (primary N) is 1. The number of furan rings is 1. The molecule has 0 aliphatic heterocycles. The van der Waals surface area contributed by atoms with Crippen LogP contribution >= 0.6 is 0 Å².